The van der Waals surface area contributed by atoms with Crippen LogP contribution in [0.1, 0.15) is 10.4 Å². The monoisotopic (exact) mass is 267 g/mol. The Bertz CT molecular complexity index is 410. The first-order valence-electron chi connectivity index (χ1n) is 6.08. The van der Waals surface area contributed by atoms with Crippen LogP contribution in [0.25, 0.3) is 0 Å². The fraction of sp³-hybridized carbons (Fsp3) is 0.462. The van der Waals surface area contributed by atoms with Gasteiger partial charge in [-0.2, -0.15) is 0 Å². The van der Waals surface area contributed by atoms with Crippen molar-refractivity contribution < 1.29 is 14.3 Å². The predicted octanol–water partition coefficient (Wildman–Crippen LogP) is 0.703. The lowest BCUT2D eigenvalue weighted by atomic mass is 10.1. The Morgan fingerprint density at radius 1 is 1.21 bits per heavy atom. The van der Waals surface area contributed by atoms with E-state index in [4.69, 9.17) is 15.2 Å². The smallest absolute Gasteiger partial charge is 0.253 e. The van der Waals surface area contributed by atoms with E-state index in [1.165, 1.54) is 0 Å². The first-order chi connectivity index (χ1) is 9.19. The molecule has 0 heterocycles. The number of carbonyl (C=O) groups is 1. The van der Waals surface area contributed by atoms with Crippen molar-refractivity contribution >= 4 is 17.3 Å². The number of benzene rings is 1. The molecule has 0 aliphatic rings. The van der Waals surface area contributed by atoms with Crippen LogP contribution in [0.5, 0.6) is 0 Å². The summed E-state index contributed by atoms with van der Waals surface area (Å²) in [5.41, 5.74) is 7.53. The van der Waals surface area contributed by atoms with E-state index in [-0.39, 0.29) is 5.91 Å². The summed E-state index contributed by atoms with van der Waals surface area (Å²) in [7, 11) is 3.22. The second-order valence-corrected chi connectivity index (χ2v) is 3.97. The summed E-state index contributed by atoms with van der Waals surface area (Å²) in [6.45, 7) is 2.12. The van der Waals surface area contributed by atoms with Crippen LogP contribution in [0, 0.1) is 0 Å². The molecule has 0 fully saturated rings. The molecule has 0 radical (unpaired) electrons. The second-order valence-electron chi connectivity index (χ2n) is 3.97. The molecule has 1 amide bonds. The molecule has 0 aromatic heterocycles. The van der Waals surface area contributed by atoms with Crippen LogP contribution in [0.3, 0.4) is 0 Å². The quantitative estimate of drug-likeness (QED) is 0.477. The zero-order valence-electron chi connectivity index (χ0n) is 11.4. The Balaban J connectivity index is 2.72. The minimum atomic E-state index is -0.177. The molecule has 0 bridgehead atoms. The van der Waals surface area contributed by atoms with Crippen molar-refractivity contribution in [1.29, 1.82) is 0 Å². The highest BCUT2D eigenvalue weighted by Crippen LogP contribution is 2.18. The zero-order chi connectivity index (χ0) is 14.1. The van der Waals surface area contributed by atoms with E-state index in [2.05, 4.69) is 10.6 Å². The second kappa shape index (κ2) is 8.34. The Kier molecular flexibility index (Phi) is 6.70. The SMILES string of the molecule is COCCNC(=O)c1cc(N)ccc1NCCOC. The van der Waals surface area contributed by atoms with Gasteiger partial charge in [0.15, 0.2) is 0 Å². The molecule has 0 saturated carbocycles. The molecule has 1 aromatic carbocycles. The first kappa shape index (κ1) is 15.3. The molecule has 6 nitrogen and oxygen atoms in total. The molecule has 1 rings (SSSR count). The Labute approximate surface area is 113 Å². The van der Waals surface area contributed by atoms with Crippen molar-refractivity contribution in [2.75, 3.05) is 51.6 Å². The summed E-state index contributed by atoms with van der Waals surface area (Å²) in [6.07, 6.45) is 0. The van der Waals surface area contributed by atoms with Gasteiger partial charge in [-0.25, -0.2) is 0 Å². The van der Waals surface area contributed by atoms with Gasteiger partial charge in [-0.3, -0.25) is 4.79 Å². The molecule has 106 valence electrons. The van der Waals surface area contributed by atoms with Crippen LogP contribution in [0.2, 0.25) is 0 Å². The minimum Gasteiger partial charge on any atom is -0.399 e. The van der Waals surface area contributed by atoms with Gasteiger partial charge in [0.2, 0.25) is 0 Å². The largest absolute Gasteiger partial charge is 0.399 e. The fourth-order valence-electron chi connectivity index (χ4n) is 1.55. The number of hydrogen-bond donors (Lipinski definition) is 3. The maximum Gasteiger partial charge on any atom is 0.253 e. The van der Waals surface area contributed by atoms with Crippen molar-refractivity contribution in [2.45, 2.75) is 0 Å². The summed E-state index contributed by atoms with van der Waals surface area (Å²) in [5.74, 6) is -0.177. The molecule has 0 saturated heterocycles. The minimum absolute atomic E-state index is 0.177. The summed E-state index contributed by atoms with van der Waals surface area (Å²) < 4.78 is 9.85. The predicted molar refractivity (Wildman–Crippen MR) is 75.4 cm³/mol. The van der Waals surface area contributed by atoms with E-state index in [1.54, 1.807) is 32.4 Å². The van der Waals surface area contributed by atoms with Gasteiger partial charge in [-0.05, 0) is 18.2 Å². The molecule has 4 N–H and O–H groups in total. The summed E-state index contributed by atoms with van der Waals surface area (Å²) >= 11 is 0. The number of ether oxygens (including phenoxy) is 2. The Hall–Kier alpha value is -1.79. The highest BCUT2D eigenvalue weighted by Gasteiger charge is 2.11. The number of rotatable bonds is 8. The van der Waals surface area contributed by atoms with Gasteiger partial charge in [0.1, 0.15) is 0 Å². The third-order valence-electron chi connectivity index (χ3n) is 2.50. The lowest BCUT2D eigenvalue weighted by Gasteiger charge is -2.12. The maximum atomic E-state index is 12.0. The first-order valence-corrected chi connectivity index (χ1v) is 6.08. The number of nitrogens with one attached hydrogen (secondary N) is 2. The van der Waals surface area contributed by atoms with E-state index in [0.717, 1.165) is 5.69 Å². The fourth-order valence-corrected chi connectivity index (χ4v) is 1.55. The van der Waals surface area contributed by atoms with E-state index < -0.39 is 0 Å². The van der Waals surface area contributed by atoms with Crippen LogP contribution < -0.4 is 16.4 Å². The van der Waals surface area contributed by atoms with E-state index in [1.807, 2.05) is 0 Å². The molecule has 0 atom stereocenters. The molecule has 19 heavy (non-hydrogen) atoms. The van der Waals surface area contributed by atoms with Gasteiger partial charge in [-0.15, -0.1) is 0 Å². The zero-order valence-corrected chi connectivity index (χ0v) is 11.4. The molecule has 6 heteroatoms. The topological polar surface area (TPSA) is 85.6 Å². The summed E-state index contributed by atoms with van der Waals surface area (Å²) in [5, 5.41) is 5.91. The van der Waals surface area contributed by atoms with E-state index in [0.29, 0.717) is 37.6 Å². The summed E-state index contributed by atoms with van der Waals surface area (Å²) in [6, 6.07) is 5.19. The number of nitrogen functional groups attached to an aromatic ring is 1. The number of anilines is 2. The normalized spacial score (nSPS) is 10.2. The standard InChI is InChI=1S/C13H21N3O3/c1-18-7-5-15-12-4-3-10(14)9-11(12)13(17)16-6-8-19-2/h3-4,9,15H,5-8,14H2,1-2H3,(H,16,17). The number of amides is 1. The van der Waals surface area contributed by atoms with Crippen molar-refractivity contribution in [3.8, 4) is 0 Å². The molecule has 1 aromatic rings. The van der Waals surface area contributed by atoms with Gasteiger partial charge < -0.3 is 25.8 Å². The lowest BCUT2D eigenvalue weighted by Crippen LogP contribution is -2.28. The van der Waals surface area contributed by atoms with Gasteiger partial charge in [0.25, 0.3) is 5.91 Å². The third-order valence-corrected chi connectivity index (χ3v) is 2.50. The molecule has 0 aliphatic carbocycles. The highest BCUT2D eigenvalue weighted by atomic mass is 16.5. The van der Waals surface area contributed by atoms with Crippen molar-refractivity contribution in [3.63, 3.8) is 0 Å². The average molecular weight is 267 g/mol. The van der Waals surface area contributed by atoms with E-state index >= 15 is 0 Å². The molecular weight excluding hydrogens is 246 g/mol. The van der Waals surface area contributed by atoms with Gasteiger partial charge >= 0.3 is 0 Å². The molecular formula is C13H21N3O3. The highest BCUT2D eigenvalue weighted by molar-refractivity contribution is 6.00. The van der Waals surface area contributed by atoms with Crippen LogP contribution in [-0.4, -0.2) is 46.4 Å². The van der Waals surface area contributed by atoms with Crippen LogP contribution in [0.4, 0.5) is 11.4 Å². The van der Waals surface area contributed by atoms with Gasteiger partial charge in [-0.1, -0.05) is 0 Å². The maximum absolute atomic E-state index is 12.0. The number of methoxy groups -OCH3 is 2. The molecule has 0 aliphatic heterocycles. The lowest BCUT2D eigenvalue weighted by molar-refractivity contribution is 0.0938. The van der Waals surface area contributed by atoms with Gasteiger partial charge in [0, 0.05) is 38.7 Å². The third kappa shape index (κ3) is 5.15. The van der Waals surface area contributed by atoms with Crippen LogP contribution in [0.15, 0.2) is 18.2 Å². The van der Waals surface area contributed by atoms with Crippen LogP contribution in [-0.2, 0) is 9.47 Å². The Morgan fingerprint density at radius 2 is 1.89 bits per heavy atom. The average Bonchev–Trinajstić information content (AvgIpc) is 2.40. The van der Waals surface area contributed by atoms with Gasteiger partial charge in [0.05, 0.1) is 18.8 Å². The summed E-state index contributed by atoms with van der Waals surface area (Å²) in [4.78, 5) is 12.0. The Morgan fingerprint density at radius 3 is 2.58 bits per heavy atom. The van der Waals surface area contributed by atoms with Crippen molar-refractivity contribution in [2.24, 2.45) is 0 Å². The number of carbonyl (C=O) groups excluding carboxylic acids is 1. The molecule has 0 unspecified atom stereocenters. The number of nitrogens with two attached hydrogens (primary N) is 1. The van der Waals surface area contributed by atoms with Crippen molar-refractivity contribution in [3.05, 3.63) is 23.8 Å². The van der Waals surface area contributed by atoms with Crippen molar-refractivity contribution in [1.82, 2.24) is 5.32 Å². The molecule has 0 spiro atoms. The van der Waals surface area contributed by atoms with Crippen LogP contribution >= 0.6 is 0 Å². The number of hydrogen-bond acceptors (Lipinski definition) is 5. The van der Waals surface area contributed by atoms with E-state index in [9.17, 15) is 4.79 Å².